The molecular weight excluding hydrogens is 434 g/mol. The SMILES string of the molecule is CCc1ccc(C(=O)Nc2ccc(N3CCN(C(=O)c4ccc(C(C)(C)C)cc4)CC3)cc2)cc1. The summed E-state index contributed by atoms with van der Waals surface area (Å²) in [6, 6.07) is 23.6. The summed E-state index contributed by atoms with van der Waals surface area (Å²) in [5.41, 5.74) is 5.78. The van der Waals surface area contributed by atoms with Crippen LogP contribution in [0, 0.1) is 0 Å². The van der Waals surface area contributed by atoms with Gasteiger partial charge >= 0.3 is 0 Å². The van der Waals surface area contributed by atoms with Crippen LogP contribution < -0.4 is 10.2 Å². The third-order valence-electron chi connectivity index (χ3n) is 6.68. The van der Waals surface area contributed by atoms with Gasteiger partial charge in [0, 0.05) is 48.7 Å². The minimum absolute atomic E-state index is 0.0752. The van der Waals surface area contributed by atoms with Crippen molar-refractivity contribution in [2.75, 3.05) is 36.4 Å². The second-order valence-corrected chi connectivity index (χ2v) is 10.2. The first-order valence-corrected chi connectivity index (χ1v) is 12.4. The van der Waals surface area contributed by atoms with Crippen LogP contribution in [0.15, 0.2) is 72.8 Å². The highest BCUT2D eigenvalue weighted by molar-refractivity contribution is 6.04. The number of rotatable bonds is 5. The van der Waals surface area contributed by atoms with Gasteiger partial charge in [0.15, 0.2) is 0 Å². The Morgan fingerprint density at radius 1 is 0.771 bits per heavy atom. The zero-order chi connectivity index (χ0) is 25.0. The van der Waals surface area contributed by atoms with Crippen molar-refractivity contribution in [3.8, 4) is 0 Å². The first kappa shape index (κ1) is 24.5. The lowest BCUT2D eigenvalue weighted by molar-refractivity contribution is 0.0746. The van der Waals surface area contributed by atoms with E-state index in [-0.39, 0.29) is 17.2 Å². The molecular formula is C30H35N3O2. The minimum Gasteiger partial charge on any atom is -0.368 e. The number of anilines is 2. The summed E-state index contributed by atoms with van der Waals surface area (Å²) in [5.74, 6) is -0.0156. The maximum atomic E-state index is 13.0. The molecule has 1 aliphatic rings. The Hall–Kier alpha value is -3.60. The van der Waals surface area contributed by atoms with Crippen LogP contribution in [0.1, 0.15) is 59.5 Å². The lowest BCUT2D eigenvalue weighted by Crippen LogP contribution is -2.48. The molecule has 5 heteroatoms. The Morgan fingerprint density at radius 3 is 1.89 bits per heavy atom. The minimum atomic E-state index is -0.108. The standard InChI is InChI=1S/C30H35N3O2/c1-5-22-6-8-23(9-7-22)28(34)31-26-14-16-27(17-15-26)32-18-20-33(21-19-32)29(35)24-10-12-25(13-11-24)30(2,3)4/h6-17H,5,18-21H2,1-4H3,(H,31,34). The molecule has 1 fully saturated rings. The number of hydrogen-bond donors (Lipinski definition) is 1. The maximum Gasteiger partial charge on any atom is 0.255 e. The van der Waals surface area contributed by atoms with Crippen LogP contribution in [0.2, 0.25) is 0 Å². The largest absolute Gasteiger partial charge is 0.368 e. The number of aryl methyl sites for hydroxylation is 1. The van der Waals surface area contributed by atoms with Crippen molar-refractivity contribution in [1.29, 1.82) is 0 Å². The summed E-state index contributed by atoms with van der Waals surface area (Å²) in [5, 5.41) is 2.97. The van der Waals surface area contributed by atoms with Crippen molar-refractivity contribution in [2.24, 2.45) is 0 Å². The molecule has 3 aromatic carbocycles. The van der Waals surface area contributed by atoms with Gasteiger partial charge in [-0.05, 0) is 71.5 Å². The highest BCUT2D eigenvalue weighted by atomic mass is 16.2. The number of benzene rings is 3. The Bertz CT molecular complexity index is 1150. The van der Waals surface area contributed by atoms with E-state index in [1.807, 2.05) is 65.6 Å². The first-order chi connectivity index (χ1) is 16.7. The molecule has 1 heterocycles. The van der Waals surface area contributed by atoms with E-state index in [9.17, 15) is 9.59 Å². The second-order valence-electron chi connectivity index (χ2n) is 10.2. The van der Waals surface area contributed by atoms with E-state index >= 15 is 0 Å². The molecule has 0 bridgehead atoms. The Morgan fingerprint density at radius 2 is 1.34 bits per heavy atom. The van der Waals surface area contributed by atoms with Crippen molar-refractivity contribution in [3.05, 3.63) is 95.1 Å². The van der Waals surface area contributed by atoms with Crippen LogP contribution >= 0.6 is 0 Å². The molecule has 0 unspecified atom stereocenters. The van der Waals surface area contributed by atoms with Gasteiger partial charge < -0.3 is 15.1 Å². The number of nitrogens with one attached hydrogen (secondary N) is 1. The quantitative estimate of drug-likeness (QED) is 0.517. The number of piperazine rings is 1. The van der Waals surface area contributed by atoms with Crippen LogP contribution in [0.4, 0.5) is 11.4 Å². The second kappa shape index (κ2) is 10.3. The van der Waals surface area contributed by atoms with Crippen molar-refractivity contribution < 1.29 is 9.59 Å². The summed E-state index contributed by atoms with van der Waals surface area (Å²) in [4.78, 5) is 29.7. The molecule has 2 amide bonds. The fourth-order valence-electron chi connectivity index (χ4n) is 4.31. The molecule has 0 atom stereocenters. The molecule has 0 aromatic heterocycles. The average Bonchev–Trinajstić information content (AvgIpc) is 2.88. The van der Waals surface area contributed by atoms with E-state index < -0.39 is 0 Å². The van der Waals surface area contributed by atoms with Gasteiger partial charge in [0.05, 0.1) is 0 Å². The van der Waals surface area contributed by atoms with Crippen molar-refractivity contribution in [2.45, 2.75) is 39.5 Å². The normalized spacial score (nSPS) is 14.1. The maximum absolute atomic E-state index is 13.0. The molecule has 4 rings (SSSR count). The number of amides is 2. The number of carbonyl (C=O) groups excluding carboxylic acids is 2. The summed E-state index contributed by atoms with van der Waals surface area (Å²) in [7, 11) is 0. The zero-order valence-corrected chi connectivity index (χ0v) is 21.2. The van der Waals surface area contributed by atoms with Gasteiger partial charge in [0.2, 0.25) is 0 Å². The van der Waals surface area contributed by atoms with Gasteiger partial charge in [-0.2, -0.15) is 0 Å². The molecule has 5 nitrogen and oxygen atoms in total. The third kappa shape index (κ3) is 5.91. The van der Waals surface area contributed by atoms with E-state index in [0.717, 1.165) is 36.4 Å². The van der Waals surface area contributed by atoms with Gasteiger partial charge in [-0.1, -0.05) is 52.0 Å². The highest BCUT2D eigenvalue weighted by Gasteiger charge is 2.23. The highest BCUT2D eigenvalue weighted by Crippen LogP contribution is 2.24. The van der Waals surface area contributed by atoms with Crippen molar-refractivity contribution >= 4 is 23.2 Å². The first-order valence-electron chi connectivity index (χ1n) is 12.4. The fraction of sp³-hybridized carbons (Fsp3) is 0.333. The van der Waals surface area contributed by atoms with Crippen molar-refractivity contribution in [1.82, 2.24) is 4.90 Å². The summed E-state index contributed by atoms with van der Waals surface area (Å²) < 4.78 is 0. The molecule has 182 valence electrons. The Labute approximate surface area is 208 Å². The topological polar surface area (TPSA) is 52.7 Å². The smallest absolute Gasteiger partial charge is 0.255 e. The van der Waals surface area contributed by atoms with Gasteiger partial charge in [-0.3, -0.25) is 9.59 Å². The Kier molecular flexibility index (Phi) is 7.25. The van der Waals surface area contributed by atoms with Gasteiger partial charge in [0.25, 0.3) is 11.8 Å². The van der Waals surface area contributed by atoms with E-state index in [1.54, 1.807) is 0 Å². The van der Waals surface area contributed by atoms with E-state index in [2.05, 4.69) is 50.0 Å². The van der Waals surface area contributed by atoms with Crippen LogP contribution in [-0.2, 0) is 11.8 Å². The molecule has 0 aliphatic carbocycles. The number of carbonyl (C=O) groups is 2. The molecule has 0 spiro atoms. The number of hydrogen-bond acceptors (Lipinski definition) is 3. The zero-order valence-electron chi connectivity index (χ0n) is 21.2. The number of nitrogens with zero attached hydrogens (tertiary/aromatic N) is 2. The van der Waals surface area contributed by atoms with Crippen LogP contribution in [0.3, 0.4) is 0 Å². The molecule has 1 saturated heterocycles. The monoisotopic (exact) mass is 469 g/mol. The lowest BCUT2D eigenvalue weighted by atomic mass is 9.86. The van der Waals surface area contributed by atoms with Gasteiger partial charge in [0.1, 0.15) is 0 Å². The van der Waals surface area contributed by atoms with Gasteiger partial charge in [-0.15, -0.1) is 0 Å². The molecule has 35 heavy (non-hydrogen) atoms. The third-order valence-corrected chi connectivity index (χ3v) is 6.68. The fourth-order valence-corrected chi connectivity index (χ4v) is 4.31. The van der Waals surface area contributed by atoms with E-state index in [0.29, 0.717) is 18.7 Å². The van der Waals surface area contributed by atoms with E-state index in [1.165, 1.54) is 11.1 Å². The summed E-state index contributed by atoms with van der Waals surface area (Å²) >= 11 is 0. The molecule has 0 saturated carbocycles. The van der Waals surface area contributed by atoms with Crippen LogP contribution in [-0.4, -0.2) is 42.9 Å². The van der Waals surface area contributed by atoms with E-state index in [4.69, 9.17) is 0 Å². The van der Waals surface area contributed by atoms with Crippen LogP contribution in [0.5, 0.6) is 0 Å². The summed E-state index contributed by atoms with van der Waals surface area (Å²) in [6.45, 7) is 11.6. The molecule has 3 aromatic rings. The average molecular weight is 470 g/mol. The molecule has 1 N–H and O–H groups in total. The van der Waals surface area contributed by atoms with Crippen molar-refractivity contribution in [3.63, 3.8) is 0 Å². The Balaban J connectivity index is 1.31. The summed E-state index contributed by atoms with van der Waals surface area (Å²) in [6.07, 6.45) is 0.955. The van der Waals surface area contributed by atoms with Crippen LogP contribution in [0.25, 0.3) is 0 Å². The predicted molar refractivity (Wildman–Crippen MR) is 143 cm³/mol. The lowest BCUT2D eigenvalue weighted by Gasteiger charge is -2.36. The predicted octanol–water partition coefficient (Wildman–Crippen LogP) is 5.76. The molecule has 1 aliphatic heterocycles. The molecule has 0 radical (unpaired) electrons. The van der Waals surface area contributed by atoms with Gasteiger partial charge in [-0.25, -0.2) is 0 Å².